The van der Waals surface area contributed by atoms with Gasteiger partial charge in [-0.05, 0) is 48.8 Å². The smallest absolute Gasteiger partial charge is 0.416 e. The van der Waals surface area contributed by atoms with Crippen LogP contribution in [0.4, 0.5) is 13.2 Å². The molecule has 3 nitrogen and oxygen atoms in total. The summed E-state index contributed by atoms with van der Waals surface area (Å²) in [6, 6.07) is 4.03. The van der Waals surface area contributed by atoms with Crippen molar-refractivity contribution in [3.8, 4) is 0 Å². The lowest BCUT2D eigenvalue weighted by Crippen LogP contribution is -2.03. The van der Waals surface area contributed by atoms with Crippen LogP contribution >= 0.6 is 34.4 Å². The number of carboxylic acids is 1. The number of hydrogen-bond donors (Lipinski definition) is 1. The van der Waals surface area contributed by atoms with Crippen LogP contribution in [0.5, 0.6) is 0 Å². The predicted octanol–water partition coefficient (Wildman–Crippen LogP) is 7.77. The van der Waals surface area contributed by atoms with E-state index in [0.29, 0.717) is 10.4 Å². The number of fused-ring (bicyclic) bond motifs is 1. The maximum absolute atomic E-state index is 13.1. The van der Waals surface area contributed by atoms with Crippen molar-refractivity contribution >= 4 is 50.5 Å². The van der Waals surface area contributed by atoms with E-state index in [1.54, 1.807) is 23.2 Å². The molecule has 0 fully saturated rings. The summed E-state index contributed by atoms with van der Waals surface area (Å²) < 4.78 is 40.9. The summed E-state index contributed by atoms with van der Waals surface area (Å²) in [7, 11) is 0. The lowest BCUT2D eigenvalue weighted by Gasteiger charge is -2.16. The van der Waals surface area contributed by atoms with Crippen molar-refractivity contribution in [2.24, 2.45) is 0 Å². The minimum atomic E-state index is -4.34. The van der Waals surface area contributed by atoms with Crippen LogP contribution in [0.2, 0.25) is 0 Å². The van der Waals surface area contributed by atoms with Gasteiger partial charge in [0.2, 0.25) is 0 Å². The van der Waals surface area contributed by atoms with Crippen molar-refractivity contribution in [3.63, 3.8) is 0 Å². The number of rotatable bonds is 10. The first-order valence-electron chi connectivity index (χ1n) is 10.1. The Morgan fingerprint density at radius 1 is 1.29 bits per heavy atom. The Kier molecular flexibility index (Phi) is 8.04. The van der Waals surface area contributed by atoms with Crippen molar-refractivity contribution in [1.82, 2.24) is 4.98 Å². The molecule has 1 aromatic carbocycles. The highest BCUT2D eigenvalue weighted by molar-refractivity contribution is 8.01. The highest BCUT2D eigenvalue weighted by Gasteiger charge is 2.31. The van der Waals surface area contributed by atoms with E-state index in [0.717, 1.165) is 46.7 Å². The number of nitrogens with zero attached hydrogens (tertiary/aromatic N) is 1. The van der Waals surface area contributed by atoms with Crippen LogP contribution in [0.1, 0.15) is 60.2 Å². The molecule has 0 aliphatic rings. The third-order valence-electron chi connectivity index (χ3n) is 5.13. The van der Waals surface area contributed by atoms with E-state index in [-0.39, 0.29) is 12.3 Å². The molecule has 0 aliphatic heterocycles. The number of thiophene rings is 1. The van der Waals surface area contributed by atoms with Crippen LogP contribution in [0.25, 0.3) is 10.1 Å². The summed E-state index contributed by atoms with van der Waals surface area (Å²) in [5.41, 5.74) is 1.05. The average molecular weight is 488 g/mol. The first-order valence-corrected chi connectivity index (χ1v) is 12.8. The van der Waals surface area contributed by atoms with Crippen LogP contribution in [-0.4, -0.2) is 21.8 Å². The van der Waals surface area contributed by atoms with E-state index in [1.807, 2.05) is 6.92 Å². The number of benzene rings is 1. The second kappa shape index (κ2) is 10.4. The number of carboxylic acid groups (broad SMARTS) is 1. The Morgan fingerprint density at radius 3 is 2.74 bits per heavy atom. The topological polar surface area (TPSA) is 50.2 Å². The van der Waals surface area contributed by atoms with Crippen molar-refractivity contribution in [3.05, 3.63) is 45.3 Å². The summed E-state index contributed by atoms with van der Waals surface area (Å²) in [5.74, 6) is 0.226. The molecule has 0 bridgehead atoms. The third-order valence-corrected chi connectivity index (χ3v) is 8.65. The fourth-order valence-corrected chi connectivity index (χ4v) is 6.93. The van der Waals surface area contributed by atoms with Crippen molar-refractivity contribution in [1.29, 1.82) is 0 Å². The van der Waals surface area contributed by atoms with E-state index in [2.05, 4.69) is 11.9 Å². The number of aliphatic carboxylic acids is 1. The molecule has 31 heavy (non-hydrogen) atoms. The molecule has 1 N–H and O–H groups in total. The molecule has 2 aromatic heterocycles. The Balaban J connectivity index is 1.75. The first kappa shape index (κ1) is 24.1. The number of halogens is 3. The maximum Gasteiger partial charge on any atom is 0.416 e. The molecule has 3 aromatic rings. The normalized spacial score (nSPS) is 13.1. The molecular formula is C22H24F3NO2S3. The number of aryl methyl sites for hydroxylation is 1. The number of hydrogen-bond acceptors (Lipinski definition) is 5. The van der Waals surface area contributed by atoms with Crippen LogP contribution in [-0.2, 0) is 17.4 Å². The van der Waals surface area contributed by atoms with Gasteiger partial charge in [0.15, 0.2) is 0 Å². The fourth-order valence-electron chi connectivity index (χ4n) is 3.55. The van der Waals surface area contributed by atoms with E-state index in [1.165, 1.54) is 39.7 Å². The van der Waals surface area contributed by atoms with Gasteiger partial charge in [-0.25, -0.2) is 4.98 Å². The van der Waals surface area contributed by atoms with Crippen molar-refractivity contribution < 1.29 is 23.1 Å². The molecule has 0 radical (unpaired) electrons. The SMILES string of the molecule is CCCCC(CCSc1nc(CC(=O)O)cs1)c1sc2cc(C(F)(F)F)ccc2c1C. The molecule has 0 amide bonds. The molecule has 1 atom stereocenters. The fraction of sp³-hybridized carbons (Fsp3) is 0.455. The number of alkyl halides is 3. The highest BCUT2D eigenvalue weighted by Crippen LogP contribution is 2.42. The molecule has 0 saturated heterocycles. The standard InChI is InChI=1S/C22H24F3NO2S3/c1-3-4-5-14(8-9-29-21-26-16(12-30-21)11-19(27)28)20-13(2)17-7-6-15(22(23,24)25)10-18(17)31-20/h6-7,10,12,14H,3-5,8-9,11H2,1-2H3,(H,27,28). The highest BCUT2D eigenvalue weighted by atomic mass is 32.2. The summed E-state index contributed by atoms with van der Waals surface area (Å²) in [6.07, 6.45) is -0.375. The molecular weight excluding hydrogens is 463 g/mol. The zero-order chi connectivity index (χ0) is 22.6. The second-order valence-electron chi connectivity index (χ2n) is 7.45. The van der Waals surface area contributed by atoms with E-state index >= 15 is 0 Å². The number of thioether (sulfide) groups is 1. The largest absolute Gasteiger partial charge is 0.481 e. The monoisotopic (exact) mass is 487 g/mol. The maximum atomic E-state index is 13.1. The summed E-state index contributed by atoms with van der Waals surface area (Å²) in [5, 5.41) is 11.6. The lowest BCUT2D eigenvalue weighted by atomic mass is 9.94. The van der Waals surface area contributed by atoms with E-state index in [9.17, 15) is 18.0 Å². The van der Waals surface area contributed by atoms with E-state index < -0.39 is 17.7 Å². The molecule has 2 heterocycles. The van der Waals surface area contributed by atoms with Gasteiger partial charge in [0.05, 0.1) is 17.7 Å². The van der Waals surface area contributed by atoms with Crippen LogP contribution in [0, 0.1) is 6.92 Å². The molecule has 9 heteroatoms. The molecule has 0 saturated carbocycles. The van der Waals surface area contributed by atoms with Crippen molar-refractivity contribution in [2.75, 3.05) is 5.75 Å². The van der Waals surface area contributed by atoms with Crippen LogP contribution < -0.4 is 0 Å². The first-order chi connectivity index (χ1) is 14.7. The van der Waals surface area contributed by atoms with Gasteiger partial charge in [0.25, 0.3) is 0 Å². The van der Waals surface area contributed by atoms with Gasteiger partial charge < -0.3 is 5.11 Å². The Labute approximate surface area is 191 Å². The van der Waals surface area contributed by atoms with Crippen LogP contribution in [0.15, 0.2) is 27.9 Å². The zero-order valence-corrected chi connectivity index (χ0v) is 19.7. The van der Waals surface area contributed by atoms with Gasteiger partial charge in [-0.3, -0.25) is 4.79 Å². The Hall–Kier alpha value is -1.58. The number of carbonyl (C=O) groups is 1. The summed E-state index contributed by atoms with van der Waals surface area (Å²) >= 11 is 4.55. The third kappa shape index (κ3) is 6.23. The predicted molar refractivity (Wildman–Crippen MR) is 123 cm³/mol. The van der Waals surface area contributed by atoms with Crippen molar-refractivity contribution in [2.45, 2.75) is 62.4 Å². The van der Waals surface area contributed by atoms with Gasteiger partial charge in [-0.15, -0.1) is 22.7 Å². The minimum Gasteiger partial charge on any atom is -0.481 e. The molecule has 0 aliphatic carbocycles. The minimum absolute atomic E-state index is 0.0723. The van der Waals surface area contributed by atoms with Crippen LogP contribution in [0.3, 0.4) is 0 Å². The zero-order valence-electron chi connectivity index (χ0n) is 17.3. The number of thiazole rings is 1. The Morgan fingerprint density at radius 2 is 2.06 bits per heavy atom. The second-order valence-corrected chi connectivity index (χ2v) is 10.7. The summed E-state index contributed by atoms with van der Waals surface area (Å²) in [6.45, 7) is 4.14. The number of aromatic nitrogens is 1. The van der Waals surface area contributed by atoms with Gasteiger partial charge in [0.1, 0.15) is 4.34 Å². The van der Waals surface area contributed by atoms with Gasteiger partial charge in [-0.1, -0.05) is 37.6 Å². The molecule has 0 spiro atoms. The number of unbranched alkanes of at least 4 members (excludes halogenated alkanes) is 1. The molecule has 1 unspecified atom stereocenters. The van der Waals surface area contributed by atoms with E-state index in [4.69, 9.17) is 5.11 Å². The average Bonchev–Trinajstić information content (AvgIpc) is 3.27. The van der Waals surface area contributed by atoms with Gasteiger partial charge in [0, 0.05) is 20.7 Å². The molecule has 3 rings (SSSR count). The lowest BCUT2D eigenvalue weighted by molar-refractivity contribution is -0.138. The van der Waals surface area contributed by atoms with Gasteiger partial charge in [-0.2, -0.15) is 13.2 Å². The van der Waals surface area contributed by atoms with Gasteiger partial charge >= 0.3 is 12.1 Å². The Bertz CT molecular complexity index is 1040. The summed E-state index contributed by atoms with van der Waals surface area (Å²) in [4.78, 5) is 16.4. The molecule has 168 valence electrons. The quantitative estimate of drug-likeness (QED) is 0.297.